The molecule has 6 nitrogen and oxygen atoms in total. The van der Waals surface area contributed by atoms with Crippen LogP contribution < -0.4 is 5.32 Å². The van der Waals surface area contributed by atoms with Crippen LogP contribution in [0.2, 0.25) is 0 Å². The molecule has 1 aromatic rings. The predicted molar refractivity (Wildman–Crippen MR) is 67.8 cm³/mol. The van der Waals surface area contributed by atoms with E-state index in [1.54, 1.807) is 0 Å². The van der Waals surface area contributed by atoms with E-state index in [1.807, 2.05) is 4.90 Å². The summed E-state index contributed by atoms with van der Waals surface area (Å²) in [7, 11) is 0. The van der Waals surface area contributed by atoms with Crippen LogP contribution in [0.5, 0.6) is 0 Å². The van der Waals surface area contributed by atoms with Crippen LogP contribution in [0.4, 0.5) is 0 Å². The minimum atomic E-state index is 0.00641. The van der Waals surface area contributed by atoms with E-state index < -0.39 is 0 Å². The van der Waals surface area contributed by atoms with Gasteiger partial charge in [-0.05, 0) is 19.4 Å². The van der Waals surface area contributed by atoms with Crippen molar-refractivity contribution in [1.29, 1.82) is 0 Å². The van der Waals surface area contributed by atoms with Crippen molar-refractivity contribution in [2.45, 2.75) is 25.3 Å². The standard InChI is InChI=1S/C13H19N3O3/c17-13(16-5-7-18-8-6-16)10-9-19-15-12(10)11-3-1-2-4-14-11/h9,11,14H,1-8H2/t11-/m1/s1. The molecular weight excluding hydrogens is 246 g/mol. The van der Waals surface area contributed by atoms with Crippen LogP contribution in [0.1, 0.15) is 41.4 Å². The number of nitrogens with zero attached hydrogens (tertiary/aromatic N) is 2. The molecule has 0 bridgehead atoms. The molecule has 1 amide bonds. The number of amides is 1. The minimum absolute atomic E-state index is 0.00641. The number of hydrogen-bond donors (Lipinski definition) is 1. The topological polar surface area (TPSA) is 67.6 Å². The number of carbonyl (C=O) groups is 1. The summed E-state index contributed by atoms with van der Waals surface area (Å²) < 4.78 is 10.3. The van der Waals surface area contributed by atoms with Crippen LogP contribution in [0, 0.1) is 0 Å². The lowest BCUT2D eigenvalue weighted by molar-refractivity contribution is 0.0301. The van der Waals surface area contributed by atoms with Crippen molar-refractivity contribution < 1.29 is 14.1 Å². The maximum atomic E-state index is 12.5. The Morgan fingerprint density at radius 3 is 2.95 bits per heavy atom. The highest BCUT2D eigenvalue weighted by molar-refractivity contribution is 5.95. The highest BCUT2D eigenvalue weighted by Crippen LogP contribution is 2.25. The molecule has 6 heteroatoms. The third kappa shape index (κ3) is 2.64. The number of morpholine rings is 1. The lowest BCUT2D eigenvalue weighted by Crippen LogP contribution is -2.41. The molecule has 0 spiro atoms. The zero-order chi connectivity index (χ0) is 13.1. The Labute approximate surface area is 112 Å². The average molecular weight is 265 g/mol. The lowest BCUT2D eigenvalue weighted by atomic mass is 9.99. The van der Waals surface area contributed by atoms with Gasteiger partial charge in [0.2, 0.25) is 0 Å². The van der Waals surface area contributed by atoms with E-state index in [1.165, 1.54) is 12.7 Å². The van der Waals surface area contributed by atoms with Gasteiger partial charge in [-0.2, -0.15) is 0 Å². The number of hydrogen-bond acceptors (Lipinski definition) is 5. The summed E-state index contributed by atoms with van der Waals surface area (Å²) in [6, 6.07) is 0.146. The summed E-state index contributed by atoms with van der Waals surface area (Å²) in [4.78, 5) is 14.3. The van der Waals surface area contributed by atoms with E-state index in [9.17, 15) is 4.79 Å². The van der Waals surface area contributed by atoms with E-state index in [4.69, 9.17) is 9.26 Å². The highest BCUT2D eigenvalue weighted by atomic mass is 16.5. The molecule has 1 N–H and O–H groups in total. The molecule has 1 aromatic heterocycles. The summed E-state index contributed by atoms with van der Waals surface area (Å²) in [5.41, 5.74) is 1.36. The highest BCUT2D eigenvalue weighted by Gasteiger charge is 2.28. The normalized spacial score (nSPS) is 24.4. The summed E-state index contributed by atoms with van der Waals surface area (Å²) in [5.74, 6) is 0.00641. The number of piperidine rings is 1. The number of carbonyl (C=O) groups excluding carboxylic acids is 1. The van der Waals surface area contributed by atoms with Gasteiger partial charge in [-0.15, -0.1) is 0 Å². The molecule has 2 aliphatic heterocycles. The Morgan fingerprint density at radius 2 is 2.21 bits per heavy atom. The maximum absolute atomic E-state index is 12.5. The van der Waals surface area contributed by atoms with E-state index in [2.05, 4.69) is 10.5 Å². The van der Waals surface area contributed by atoms with Crippen molar-refractivity contribution in [1.82, 2.24) is 15.4 Å². The molecule has 2 fully saturated rings. The molecule has 3 heterocycles. The van der Waals surface area contributed by atoms with Gasteiger partial charge < -0.3 is 19.5 Å². The van der Waals surface area contributed by atoms with Gasteiger partial charge in [0, 0.05) is 13.1 Å². The number of nitrogens with one attached hydrogen (secondary N) is 1. The first-order valence-corrected chi connectivity index (χ1v) is 6.91. The second-order valence-electron chi connectivity index (χ2n) is 5.02. The Bertz CT molecular complexity index is 434. The molecule has 0 unspecified atom stereocenters. The smallest absolute Gasteiger partial charge is 0.259 e. The van der Waals surface area contributed by atoms with Gasteiger partial charge in [-0.25, -0.2) is 0 Å². The van der Waals surface area contributed by atoms with Crippen LogP contribution in [-0.4, -0.2) is 48.8 Å². The monoisotopic (exact) mass is 265 g/mol. The van der Waals surface area contributed by atoms with Crippen molar-refractivity contribution >= 4 is 5.91 Å². The van der Waals surface area contributed by atoms with Crippen molar-refractivity contribution in [2.24, 2.45) is 0 Å². The quantitative estimate of drug-likeness (QED) is 0.862. The fraction of sp³-hybridized carbons (Fsp3) is 0.692. The van der Waals surface area contributed by atoms with Gasteiger partial charge in [0.25, 0.3) is 5.91 Å². The van der Waals surface area contributed by atoms with E-state index in [0.29, 0.717) is 31.9 Å². The molecule has 104 valence electrons. The molecule has 0 aromatic carbocycles. The Morgan fingerprint density at radius 1 is 1.37 bits per heavy atom. The molecular formula is C13H19N3O3. The number of rotatable bonds is 2. The van der Waals surface area contributed by atoms with Crippen molar-refractivity contribution in [3.05, 3.63) is 17.5 Å². The summed E-state index contributed by atoms with van der Waals surface area (Å²) in [6.07, 6.45) is 4.83. The average Bonchev–Trinajstić information content (AvgIpc) is 2.98. The summed E-state index contributed by atoms with van der Waals surface area (Å²) in [5, 5.41) is 7.44. The van der Waals surface area contributed by atoms with Gasteiger partial charge in [-0.3, -0.25) is 4.79 Å². The molecule has 0 radical (unpaired) electrons. The van der Waals surface area contributed by atoms with Crippen molar-refractivity contribution in [3.8, 4) is 0 Å². The van der Waals surface area contributed by atoms with E-state index >= 15 is 0 Å². The van der Waals surface area contributed by atoms with Crippen LogP contribution in [-0.2, 0) is 4.74 Å². The second-order valence-corrected chi connectivity index (χ2v) is 5.02. The molecule has 19 heavy (non-hydrogen) atoms. The molecule has 0 saturated carbocycles. The Balaban J connectivity index is 1.76. The van der Waals surface area contributed by atoms with Crippen LogP contribution >= 0.6 is 0 Å². The summed E-state index contributed by atoms with van der Waals surface area (Å²) in [6.45, 7) is 3.47. The van der Waals surface area contributed by atoms with Gasteiger partial charge >= 0.3 is 0 Å². The number of aromatic nitrogens is 1. The minimum Gasteiger partial charge on any atom is -0.378 e. The van der Waals surface area contributed by atoms with Crippen molar-refractivity contribution in [3.63, 3.8) is 0 Å². The van der Waals surface area contributed by atoms with Crippen LogP contribution in [0.25, 0.3) is 0 Å². The van der Waals surface area contributed by atoms with Gasteiger partial charge in [0.15, 0.2) is 0 Å². The van der Waals surface area contributed by atoms with Crippen LogP contribution in [0.15, 0.2) is 10.8 Å². The molecule has 0 aliphatic carbocycles. The fourth-order valence-corrected chi connectivity index (χ4v) is 2.68. The van der Waals surface area contributed by atoms with Gasteiger partial charge in [-0.1, -0.05) is 11.6 Å². The molecule has 1 atom stereocenters. The van der Waals surface area contributed by atoms with Gasteiger partial charge in [0.1, 0.15) is 17.5 Å². The maximum Gasteiger partial charge on any atom is 0.259 e. The number of ether oxygens (including phenoxy) is 1. The first-order valence-electron chi connectivity index (χ1n) is 6.91. The molecule has 2 aliphatic rings. The first kappa shape index (κ1) is 12.6. The van der Waals surface area contributed by atoms with E-state index in [0.717, 1.165) is 25.1 Å². The molecule has 2 saturated heterocycles. The van der Waals surface area contributed by atoms with Crippen LogP contribution in [0.3, 0.4) is 0 Å². The predicted octanol–water partition coefficient (Wildman–Crippen LogP) is 0.962. The third-order valence-corrected chi connectivity index (χ3v) is 3.77. The Kier molecular flexibility index (Phi) is 3.79. The van der Waals surface area contributed by atoms with Gasteiger partial charge in [0.05, 0.1) is 19.3 Å². The second kappa shape index (κ2) is 5.71. The summed E-state index contributed by atoms with van der Waals surface area (Å²) >= 11 is 0. The molecule has 3 rings (SSSR count). The zero-order valence-electron chi connectivity index (χ0n) is 10.9. The van der Waals surface area contributed by atoms with Crippen molar-refractivity contribution in [2.75, 3.05) is 32.8 Å². The zero-order valence-corrected chi connectivity index (χ0v) is 10.9. The third-order valence-electron chi connectivity index (χ3n) is 3.77. The fourth-order valence-electron chi connectivity index (χ4n) is 2.68. The largest absolute Gasteiger partial charge is 0.378 e. The van der Waals surface area contributed by atoms with E-state index in [-0.39, 0.29) is 11.9 Å². The SMILES string of the molecule is O=C(c1conc1[C@H]1CCCCN1)N1CCOCC1. The lowest BCUT2D eigenvalue weighted by Gasteiger charge is -2.27. The first-order chi connectivity index (χ1) is 9.36. The Hall–Kier alpha value is -1.40.